The van der Waals surface area contributed by atoms with E-state index in [1.807, 2.05) is 50.3 Å². The molecule has 0 bridgehead atoms. The molecule has 3 rings (SSSR count). The average Bonchev–Trinajstić information content (AvgIpc) is 3.78. The molecular formula is C50H75N5O12S. The van der Waals surface area contributed by atoms with Crippen LogP contribution in [-0.4, -0.2) is 146 Å². The molecule has 18 heteroatoms. The highest BCUT2D eigenvalue weighted by Crippen LogP contribution is 2.30. The monoisotopic (exact) mass is 970 g/mol. The lowest BCUT2D eigenvalue weighted by Gasteiger charge is -2.41. The first-order valence-corrected chi connectivity index (χ1v) is 24.9. The summed E-state index contributed by atoms with van der Waals surface area (Å²) < 4.78 is 44.6. The van der Waals surface area contributed by atoms with Crippen LogP contribution in [0.2, 0.25) is 0 Å². The fourth-order valence-electron chi connectivity index (χ4n) is 9.08. The fraction of sp³-hybridized carbons (Fsp3) is 0.600. The van der Waals surface area contributed by atoms with Crippen molar-refractivity contribution in [1.29, 1.82) is 0 Å². The molecule has 9 atom stereocenters. The maximum atomic E-state index is 14.5. The van der Waals surface area contributed by atoms with Gasteiger partial charge in [-0.05, 0) is 60.3 Å². The van der Waals surface area contributed by atoms with Crippen LogP contribution < -0.4 is 10.6 Å². The molecule has 2 aromatic carbocycles. The van der Waals surface area contributed by atoms with Crippen LogP contribution in [0.15, 0.2) is 65.6 Å². The molecule has 1 heterocycles. The number of carbonyl (C=O) groups excluding carboxylic acids is 5. The van der Waals surface area contributed by atoms with Crippen molar-refractivity contribution in [3.63, 3.8) is 0 Å². The number of hydrogen-bond acceptors (Lipinski definition) is 10. The first-order valence-electron chi connectivity index (χ1n) is 23.5. The number of amides is 5. The van der Waals surface area contributed by atoms with Crippen molar-refractivity contribution >= 4 is 51.7 Å². The van der Waals surface area contributed by atoms with Gasteiger partial charge in [0.2, 0.25) is 29.5 Å². The number of likely N-dealkylation sites (tertiary alicyclic amines) is 1. The van der Waals surface area contributed by atoms with Gasteiger partial charge in [-0.2, -0.15) is 8.42 Å². The highest BCUT2D eigenvalue weighted by Gasteiger charge is 2.43. The molecule has 4 N–H and O–H groups in total. The number of hydrogen-bond donors (Lipinski definition) is 4. The van der Waals surface area contributed by atoms with Crippen LogP contribution >= 0.6 is 0 Å². The van der Waals surface area contributed by atoms with Crippen LogP contribution in [0.25, 0.3) is 6.08 Å². The highest BCUT2D eigenvalue weighted by molar-refractivity contribution is 7.85. The van der Waals surface area contributed by atoms with Gasteiger partial charge in [0.1, 0.15) is 12.1 Å². The van der Waals surface area contributed by atoms with Crippen LogP contribution in [0.5, 0.6) is 0 Å². The summed E-state index contributed by atoms with van der Waals surface area (Å²) in [4.78, 5) is 85.3. The van der Waals surface area contributed by atoms with Crippen LogP contribution in [0.3, 0.4) is 0 Å². The predicted octanol–water partition coefficient (Wildman–Crippen LogP) is 5.08. The number of nitrogens with one attached hydrogen (secondary N) is 2. The molecule has 1 fully saturated rings. The van der Waals surface area contributed by atoms with Crippen LogP contribution in [0.1, 0.15) is 98.1 Å². The fourth-order valence-corrected chi connectivity index (χ4v) is 9.56. The van der Waals surface area contributed by atoms with Crippen LogP contribution in [0.4, 0.5) is 0 Å². The largest absolute Gasteiger partial charge is 0.481 e. The van der Waals surface area contributed by atoms with Gasteiger partial charge < -0.3 is 39.9 Å². The molecule has 1 saturated heterocycles. The molecule has 0 saturated carbocycles. The lowest BCUT2D eigenvalue weighted by molar-refractivity contribution is -0.149. The molecule has 0 radical (unpaired) electrons. The molecule has 2 aromatic rings. The zero-order chi connectivity index (χ0) is 51.0. The number of carboxylic acids is 1. The van der Waals surface area contributed by atoms with Crippen LogP contribution in [0, 0.1) is 23.7 Å². The van der Waals surface area contributed by atoms with E-state index in [-0.39, 0.29) is 53.7 Å². The SMILES string of the molecule is CC[C@H](C)[C@@H]([C@@H](CC(=O)N1CCC[C@H]1[C@H](OC)[C@@H](C)C(=O)N[C@H](/C=C/c1ccc(S(=O)(=O)O)cc1)Cc1ccccc1)OC)N(C)C(=O)[C@@H](NC(=O)[C@H](C(C)C)N(C)C(=O)CCC(=O)O)C(C)C. The van der Waals surface area contributed by atoms with Crippen LogP contribution in [-0.2, 0) is 54.8 Å². The third-order valence-electron chi connectivity index (χ3n) is 13.1. The van der Waals surface area contributed by atoms with Crippen molar-refractivity contribution in [3.8, 4) is 0 Å². The topological polar surface area (TPSA) is 229 Å². The van der Waals surface area contributed by atoms with Gasteiger partial charge in [-0.3, -0.25) is 33.3 Å². The van der Waals surface area contributed by atoms with E-state index in [9.17, 15) is 41.7 Å². The van der Waals surface area contributed by atoms with Crippen molar-refractivity contribution in [3.05, 3.63) is 71.8 Å². The average molecular weight is 970 g/mol. The van der Waals surface area contributed by atoms with Crippen molar-refractivity contribution in [2.75, 3.05) is 34.9 Å². The number of benzene rings is 2. The molecule has 0 spiro atoms. The molecule has 0 unspecified atom stereocenters. The summed E-state index contributed by atoms with van der Waals surface area (Å²) >= 11 is 0. The van der Waals surface area contributed by atoms with Gasteiger partial charge in [-0.25, -0.2) is 0 Å². The Hall–Kier alpha value is -5.17. The molecule has 0 aromatic heterocycles. The number of methoxy groups -OCH3 is 2. The Morgan fingerprint density at radius 3 is 2.01 bits per heavy atom. The van der Waals surface area contributed by atoms with Gasteiger partial charge in [0, 0.05) is 41.3 Å². The summed E-state index contributed by atoms with van der Waals surface area (Å²) in [7, 11) is 1.75. The summed E-state index contributed by atoms with van der Waals surface area (Å²) in [6, 6.07) is 11.8. The van der Waals surface area contributed by atoms with E-state index < -0.39 is 82.1 Å². The van der Waals surface area contributed by atoms with Gasteiger partial charge in [0.05, 0.1) is 54.0 Å². The molecule has 378 valence electrons. The number of nitrogens with zero attached hydrogens (tertiary/aromatic N) is 3. The third-order valence-corrected chi connectivity index (χ3v) is 13.9. The summed E-state index contributed by atoms with van der Waals surface area (Å²) in [5, 5.41) is 15.1. The minimum Gasteiger partial charge on any atom is -0.481 e. The summed E-state index contributed by atoms with van der Waals surface area (Å²) in [5.41, 5.74) is 1.63. The normalized spacial score (nSPS) is 17.7. The van der Waals surface area contributed by atoms with E-state index in [4.69, 9.17) is 14.6 Å². The van der Waals surface area contributed by atoms with Gasteiger partial charge in [0.15, 0.2) is 0 Å². The van der Waals surface area contributed by atoms with Crippen molar-refractivity contribution in [2.45, 2.75) is 141 Å². The Morgan fingerprint density at radius 2 is 1.49 bits per heavy atom. The lowest BCUT2D eigenvalue weighted by atomic mass is 9.89. The zero-order valence-corrected chi connectivity index (χ0v) is 42.4. The Kier molecular flexibility index (Phi) is 22.3. The van der Waals surface area contributed by atoms with Gasteiger partial charge in [-0.1, -0.05) is 110 Å². The number of carbonyl (C=O) groups is 6. The first kappa shape index (κ1) is 57.1. The predicted molar refractivity (Wildman–Crippen MR) is 259 cm³/mol. The van der Waals surface area contributed by atoms with Gasteiger partial charge in [-0.15, -0.1) is 0 Å². The summed E-state index contributed by atoms with van der Waals surface area (Å²) in [6.45, 7) is 13.3. The van der Waals surface area contributed by atoms with E-state index in [0.717, 1.165) is 5.56 Å². The third kappa shape index (κ3) is 16.0. The van der Waals surface area contributed by atoms with E-state index in [1.54, 1.807) is 69.7 Å². The standard InChI is InChI=1S/C50H75N5O12S/c1-12-33(6)46(54(9)50(62)44(31(2)3)52-49(61)45(32(4)5)53(8)41(56)26-27-43(58)59)40(66-10)30-42(57)55-28-16-19-39(55)47(67-11)34(7)48(60)51-37(29-36-17-14-13-15-18-36)23-20-35-21-24-38(25-22-35)68(63,64)65/h13-15,17-18,20-25,31-34,37,39-40,44-47H,12,16,19,26-30H2,1-11H3,(H,51,60)(H,52,61)(H,58,59)(H,63,64,65)/b23-20+/t33-,34+,37+,39-,40+,44-,45-,46-,47+/m0/s1. The van der Waals surface area contributed by atoms with E-state index in [0.29, 0.717) is 37.8 Å². The minimum atomic E-state index is -4.36. The second-order valence-corrected chi connectivity index (χ2v) is 20.0. The Balaban J connectivity index is 1.82. The quantitative estimate of drug-likeness (QED) is 0.0905. The second kappa shape index (κ2) is 26.5. The van der Waals surface area contributed by atoms with Crippen molar-refractivity contribution in [1.82, 2.24) is 25.3 Å². The molecule has 68 heavy (non-hydrogen) atoms. The number of ether oxygens (including phenoxy) is 2. The minimum absolute atomic E-state index is 0.0802. The number of rotatable bonds is 26. The highest BCUT2D eigenvalue weighted by atomic mass is 32.2. The zero-order valence-electron chi connectivity index (χ0n) is 41.6. The smallest absolute Gasteiger partial charge is 0.303 e. The van der Waals surface area contributed by atoms with E-state index in [2.05, 4.69) is 10.6 Å². The number of carboxylic acid groups (broad SMARTS) is 1. The lowest BCUT2D eigenvalue weighted by Crippen LogP contribution is -2.60. The van der Waals surface area contributed by atoms with Crippen molar-refractivity contribution in [2.24, 2.45) is 23.7 Å². The molecule has 17 nitrogen and oxygen atoms in total. The summed E-state index contributed by atoms with van der Waals surface area (Å²) in [5.74, 6) is -4.67. The maximum Gasteiger partial charge on any atom is 0.303 e. The first-order chi connectivity index (χ1) is 32.0. The molecule has 0 aliphatic carbocycles. The van der Waals surface area contributed by atoms with Gasteiger partial charge >= 0.3 is 5.97 Å². The molecule has 5 amide bonds. The van der Waals surface area contributed by atoms with Gasteiger partial charge in [0.25, 0.3) is 10.1 Å². The Morgan fingerprint density at radius 1 is 0.853 bits per heavy atom. The Bertz CT molecular complexity index is 2130. The summed E-state index contributed by atoms with van der Waals surface area (Å²) in [6.07, 6.45) is 3.78. The number of likely N-dealkylation sites (N-methyl/N-ethyl adjacent to an activating group) is 2. The Labute approximate surface area is 403 Å². The van der Waals surface area contributed by atoms with E-state index in [1.165, 1.54) is 38.3 Å². The van der Waals surface area contributed by atoms with E-state index >= 15 is 0 Å². The second-order valence-electron chi connectivity index (χ2n) is 18.6. The van der Waals surface area contributed by atoms with Crippen molar-refractivity contribution < 1.29 is 56.3 Å². The maximum absolute atomic E-state index is 14.5. The molecular weight excluding hydrogens is 895 g/mol. The molecule has 1 aliphatic rings. The molecule has 1 aliphatic heterocycles. The number of aliphatic carboxylic acids is 1.